The van der Waals surface area contributed by atoms with E-state index in [1.54, 1.807) is 12.3 Å². The number of nitrogens with one attached hydrogen (secondary N) is 1. The van der Waals surface area contributed by atoms with Crippen molar-refractivity contribution in [1.82, 2.24) is 9.97 Å². The van der Waals surface area contributed by atoms with E-state index in [0.717, 1.165) is 5.39 Å². The van der Waals surface area contributed by atoms with E-state index in [1.807, 2.05) is 12.1 Å². The Bertz CT molecular complexity index is 737. The van der Waals surface area contributed by atoms with Gasteiger partial charge in [0.15, 0.2) is 0 Å². The highest BCUT2D eigenvalue weighted by atomic mass is 19.1. The first kappa shape index (κ1) is 8.86. The second-order valence-electron chi connectivity index (χ2n) is 3.49. The van der Waals surface area contributed by atoms with Crippen molar-refractivity contribution in [1.29, 1.82) is 5.26 Å². The minimum Gasteiger partial charge on any atom is -0.359 e. The SMILES string of the molecule is N#Cc1c[nH]c2c1c(F)cc1ncccc12. The third-order valence-electron chi connectivity index (χ3n) is 2.61. The Labute approximate surface area is 90.1 Å². The summed E-state index contributed by atoms with van der Waals surface area (Å²) in [5.41, 5.74) is 1.52. The van der Waals surface area contributed by atoms with E-state index < -0.39 is 5.82 Å². The molecule has 1 N–H and O–H groups in total. The maximum Gasteiger partial charge on any atom is 0.136 e. The van der Waals surface area contributed by atoms with Gasteiger partial charge in [-0.3, -0.25) is 4.98 Å². The quantitative estimate of drug-likeness (QED) is 0.621. The van der Waals surface area contributed by atoms with Gasteiger partial charge >= 0.3 is 0 Å². The van der Waals surface area contributed by atoms with Crippen LogP contribution in [0.2, 0.25) is 0 Å². The fourth-order valence-electron chi connectivity index (χ4n) is 1.91. The average Bonchev–Trinajstić information content (AvgIpc) is 2.74. The molecule has 0 saturated carbocycles. The van der Waals surface area contributed by atoms with Crippen LogP contribution in [-0.4, -0.2) is 9.97 Å². The third-order valence-corrected chi connectivity index (χ3v) is 2.61. The number of aromatic amines is 1. The second kappa shape index (κ2) is 3.04. The minimum absolute atomic E-state index is 0.318. The molecule has 76 valence electrons. The molecule has 0 fully saturated rings. The van der Waals surface area contributed by atoms with E-state index in [-0.39, 0.29) is 0 Å². The molecule has 0 bridgehead atoms. The van der Waals surface area contributed by atoms with Crippen molar-refractivity contribution in [2.45, 2.75) is 0 Å². The molecule has 2 aromatic heterocycles. The molecule has 4 heteroatoms. The first-order valence-electron chi connectivity index (χ1n) is 4.75. The number of H-pyrrole nitrogens is 1. The lowest BCUT2D eigenvalue weighted by atomic mass is 10.1. The number of hydrogen-bond donors (Lipinski definition) is 1. The number of aromatic nitrogens is 2. The van der Waals surface area contributed by atoms with Crippen molar-refractivity contribution in [2.75, 3.05) is 0 Å². The largest absolute Gasteiger partial charge is 0.359 e. The number of halogens is 1. The minimum atomic E-state index is -0.418. The topological polar surface area (TPSA) is 52.5 Å². The molecule has 0 radical (unpaired) electrons. The predicted octanol–water partition coefficient (Wildman–Crippen LogP) is 2.73. The molecule has 3 nitrogen and oxygen atoms in total. The number of rotatable bonds is 0. The molecule has 2 heterocycles. The molecule has 0 amide bonds. The van der Waals surface area contributed by atoms with E-state index in [9.17, 15) is 4.39 Å². The van der Waals surface area contributed by atoms with Crippen LogP contribution in [0, 0.1) is 17.1 Å². The highest BCUT2D eigenvalue weighted by Crippen LogP contribution is 2.28. The number of nitriles is 1. The summed E-state index contributed by atoms with van der Waals surface area (Å²) < 4.78 is 13.8. The summed E-state index contributed by atoms with van der Waals surface area (Å²) in [4.78, 5) is 7.00. The zero-order valence-corrected chi connectivity index (χ0v) is 8.16. The van der Waals surface area contributed by atoms with Crippen LogP contribution in [0.1, 0.15) is 5.56 Å². The molecule has 0 spiro atoms. The maximum atomic E-state index is 13.8. The lowest BCUT2D eigenvalue weighted by Gasteiger charge is -1.99. The third kappa shape index (κ3) is 1.03. The smallest absolute Gasteiger partial charge is 0.136 e. The average molecular weight is 211 g/mol. The van der Waals surface area contributed by atoms with Crippen LogP contribution in [0.4, 0.5) is 4.39 Å². The van der Waals surface area contributed by atoms with Gasteiger partial charge in [0.05, 0.1) is 22.0 Å². The van der Waals surface area contributed by atoms with Gasteiger partial charge < -0.3 is 4.98 Å². The van der Waals surface area contributed by atoms with E-state index >= 15 is 0 Å². The van der Waals surface area contributed by atoms with Crippen molar-refractivity contribution in [3.8, 4) is 6.07 Å². The number of hydrogen-bond acceptors (Lipinski definition) is 2. The van der Waals surface area contributed by atoms with Gasteiger partial charge in [-0.05, 0) is 12.1 Å². The Morgan fingerprint density at radius 3 is 3.12 bits per heavy atom. The molecule has 0 atom stereocenters. The molecule has 0 aliphatic carbocycles. The molecular weight excluding hydrogens is 205 g/mol. The lowest BCUT2D eigenvalue weighted by Crippen LogP contribution is -1.84. The van der Waals surface area contributed by atoms with Gasteiger partial charge in [0.2, 0.25) is 0 Å². The van der Waals surface area contributed by atoms with Crippen LogP contribution in [0.5, 0.6) is 0 Å². The Hall–Kier alpha value is -2.41. The molecule has 0 aliphatic rings. The van der Waals surface area contributed by atoms with E-state index in [4.69, 9.17) is 5.26 Å². The van der Waals surface area contributed by atoms with Gasteiger partial charge in [0.25, 0.3) is 0 Å². The molecule has 0 unspecified atom stereocenters. The first-order valence-corrected chi connectivity index (χ1v) is 4.75. The Balaban J connectivity index is 2.62. The van der Waals surface area contributed by atoms with Crippen LogP contribution in [0.15, 0.2) is 30.6 Å². The molecule has 1 aromatic carbocycles. The number of pyridine rings is 1. The summed E-state index contributed by atoms with van der Waals surface area (Å²) >= 11 is 0. The zero-order chi connectivity index (χ0) is 11.1. The van der Waals surface area contributed by atoms with Crippen molar-refractivity contribution in [3.05, 3.63) is 42.0 Å². The van der Waals surface area contributed by atoms with Crippen molar-refractivity contribution in [3.63, 3.8) is 0 Å². The Morgan fingerprint density at radius 1 is 1.44 bits per heavy atom. The van der Waals surface area contributed by atoms with Gasteiger partial charge in [-0.15, -0.1) is 0 Å². The van der Waals surface area contributed by atoms with Gasteiger partial charge in [-0.1, -0.05) is 0 Å². The maximum absolute atomic E-state index is 13.8. The Kier molecular flexibility index (Phi) is 1.68. The normalized spacial score (nSPS) is 10.8. The number of nitrogens with zero attached hydrogens (tertiary/aromatic N) is 2. The molecular formula is C12H6FN3. The standard InChI is InChI=1S/C12H6FN3/c13-9-4-10-8(2-1-3-15-10)12-11(9)7(5-14)6-16-12/h1-4,6,16H. The summed E-state index contributed by atoms with van der Waals surface area (Å²) in [6, 6.07) is 6.95. The number of benzene rings is 1. The van der Waals surface area contributed by atoms with Crippen LogP contribution in [0.3, 0.4) is 0 Å². The first-order chi connectivity index (χ1) is 7.81. The van der Waals surface area contributed by atoms with Crippen molar-refractivity contribution in [2.24, 2.45) is 0 Å². The summed E-state index contributed by atoms with van der Waals surface area (Å²) in [7, 11) is 0. The van der Waals surface area contributed by atoms with Crippen LogP contribution < -0.4 is 0 Å². The Morgan fingerprint density at radius 2 is 2.31 bits per heavy atom. The summed E-state index contributed by atoms with van der Waals surface area (Å²) in [5.74, 6) is -0.418. The highest BCUT2D eigenvalue weighted by molar-refractivity contribution is 6.06. The van der Waals surface area contributed by atoms with Crippen LogP contribution in [-0.2, 0) is 0 Å². The van der Waals surface area contributed by atoms with Gasteiger partial charge in [-0.2, -0.15) is 5.26 Å². The summed E-state index contributed by atoms with van der Waals surface area (Å²) in [5, 5.41) is 10.0. The van der Waals surface area contributed by atoms with Gasteiger partial charge in [0.1, 0.15) is 11.9 Å². The lowest BCUT2D eigenvalue weighted by molar-refractivity contribution is 0.641. The van der Waals surface area contributed by atoms with Gasteiger partial charge in [-0.25, -0.2) is 4.39 Å². The number of fused-ring (bicyclic) bond motifs is 3. The fraction of sp³-hybridized carbons (Fsp3) is 0. The molecule has 0 saturated heterocycles. The summed E-state index contributed by atoms with van der Waals surface area (Å²) in [6.07, 6.45) is 3.13. The van der Waals surface area contributed by atoms with Crippen molar-refractivity contribution < 1.29 is 4.39 Å². The predicted molar refractivity (Wildman–Crippen MR) is 58.3 cm³/mol. The molecule has 16 heavy (non-hydrogen) atoms. The second-order valence-corrected chi connectivity index (χ2v) is 3.49. The molecule has 3 rings (SSSR count). The highest BCUT2D eigenvalue weighted by Gasteiger charge is 2.12. The van der Waals surface area contributed by atoms with Crippen molar-refractivity contribution >= 4 is 21.8 Å². The van der Waals surface area contributed by atoms with E-state index in [2.05, 4.69) is 9.97 Å². The van der Waals surface area contributed by atoms with E-state index in [0.29, 0.717) is 22.0 Å². The fourth-order valence-corrected chi connectivity index (χ4v) is 1.91. The zero-order valence-electron chi connectivity index (χ0n) is 8.16. The molecule has 0 aliphatic heterocycles. The van der Waals surface area contributed by atoms with Crippen LogP contribution in [0.25, 0.3) is 21.8 Å². The monoisotopic (exact) mass is 211 g/mol. The van der Waals surface area contributed by atoms with E-state index in [1.165, 1.54) is 12.3 Å². The summed E-state index contributed by atoms with van der Waals surface area (Å²) in [6.45, 7) is 0. The van der Waals surface area contributed by atoms with Crippen LogP contribution >= 0.6 is 0 Å². The molecule has 3 aromatic rings. The van der Waals surface area contributed by atoms with Gasteiger partial charge in [0, 0.05) is 23.8 Å².